The predicted octanol–water partition coefficient (Wildman–Crippen LogP) is 2.39. The molecule has 0 spiro atoms. The van der Waals surface area contributed by atoms with Gasteiger partial charge in [-0.3, -0.25) is 0 Å². The summed E-state index contributed by atoms with van der Waals surface area (Å²) >= 11 is 0. The summed E-state index contributed by atoms with van der Waals surface area (Å²) in [6, 6.07) is 10.1. The molecule has 0 fully saturated rings. The largest absolute Gasteiger partial charge is 0.507 e. The SMILES string of the molecule is COC(=O)c1ccc(O)c(-c2ccc(OC)cc2)c1CCO. The summed E-state index contributed by atoms with van der Waals surface area (Å²) in [5.41, 5.74) is 2.13. The maximum Gasteiger partial charge on any atom is 0.338 e. The first-order chi connectivity index (χ1) is 10.6. The lowest BCUT2D eigenvalue weighted by molar-refractivity contribution is 0.0599. The molecule has 116 valence electrons. The molecule has 5 nitrogen and oxygen atoms in total. The number of carbonyl (C=O) groups excluding carboxylic acids is 1. The van der Waals surface area contributed by atoms with Gasteiger partial charge in [-0.15, -0.1) is 0 Å². The second-order valence-corrected chi connectivity index (χ2v) is 4.68. The van der Waals surface area contributed by atoms with Gasteiger partial charge in [0.05, 0.1) is 19.8 Å². The minimum atomic E-state index is -0.502. The summed E-state index contributed by atoms with van der Waals surface area (Å²) in [6.45, 7) is -0.142. The van der Waals surface area contributed by atoms with Gasteiger partial charge in [0, 0.05) is 12.2 Å². The Morgan fingerprint density at radius 2 is 1.77 bits per heavy atom. The third kappa shape index (κ3) is 3.04. The Kier molecular flexibility index (Phi) is 5.01. The molecule has 2 N–H and O–H groups in total. The van der Waals surface area contributed by atoms with Gasteiger partial charge in [0.25, 0.3) is 0 Å². The van der Waals surface area contributed by atoms with Crippen molar-refractivity contribution in [1.29, 1.82) is 0 Å². The number of phenols is 1. The Balaban J connectivity index is 2.63. The molecule has 2 rings (SSSR count). The fourth-order valence-electron chi connectivity index (χ4n) is 2.39. The number of aliphatic hydroxyl groups is 1. The first-order valence-electron chi connectivity index (χ1n) is 6.80. The van der Waals surface area contributed by atoms with Crippen molar-refractivity contribution in [2.45, 2.75) is 6.42 Å². The van der Waals surface area contributed by atoms with Gasteiger partial charge >= 0.3 is 5.97 Å². The van der Waals surface area contributed by atoms with E-state index in [1.54, 1.807) is 31.4 Å². The third-order valence-corrected chi connectivity index (χ3v) is 3.44. The second kappa shape index (κ2) is 6.95. The number of aliphatic hydroxyl groups excluding tert-OH is 1. The zero-order valence-corrected chi connectivity index (χ0v) is 12.5. The number of esters is 1. The highest BCUT2D eigenvalue weighted by atomic mass is 16.5. The average Bonchev–Trinajstić information content (AvgIpc) is 2.55. The zero-order valence-electron chi connectivity index (χ0n) is 12.5. The van der Waals surface area contributed by atoms with Crippen LogP contribution in [0, 0.1) is 0 Å². The van der Waals surface area contributed by atoms with Gasteiger partial charge in [0.1, 0.15) is 11.5 Å². The molecule has 0 aliphatic heterocycles. The summed E-state index contributed by atoms with van der Waals surface area (Å²) < 4.78 is 9.88. The molecule has 0 aromatic heterocycles. The fraction of sp³-hybridized carbons (Fsp3) is 0.235. The molecule has 0 amide bonds. The van der Waals surface area contributed by atoms with E-state index in [0.29, 0.717) is 22.4 Å². The minimum absolute atomic E-state index is 0.0428. The number of hydrogen-bond acceptors (Lipinski definition) is 5. The molecule has 5 heteroatoms. The van der Waals surface area contributed by atoms with E-state index in [1.165, 1.54) is 19.2 Å². The molecule has 0 aliphatic carbocycles. The predicted molar refractivity (Wildman–Crippen MR) is 82.2 cm³/mol. The molecule has 0 bridgehead atoms. The molecule has 2 aromatic rings. The fourth-order valence-corrected chi connectivity index (χ4v) is 2.39. The molecule has 0 atom stereocenters. The van der Waals surface area contributed by atoms with Crippen LogP contribution in [-0.4, -0.2) is 37.0 Å². The number of hydrogen-bond donors (Lipinski definition) is 2. The number of methoxy groups -OCH3 is 2. The standard InChI is InChI=1S/C17H18O5/c1-21-12-5-3-11(4-6-12)16-13(9-10-18)14(17(20)22-2)7-8-15(16)19/h3-8,18-19H,9-10H2,1-2H3. The van der Waals surface area contributed by atoms with Crippen LogP contribution in [0.1, 0.15) is 15.9 Å². The van der Waals surface area contributed by atoms with Crippen LogP contribution in [-0.2, 0) is 11.2 Å². The summed E-state index contributed by atoms with van der Waals surface area (Å²) in [6.07, 6.45) is 0.236. The minimum Gasteiger partial charge on any atom is -0.507 e. The monoisotopic (exact) mass is 302 g/mol. The number of rotatable bonds is 5. The lowest BCUT2D eigenvalue weighted by atomic mass is 9.92. The maximum absolute atomic E-state index is 11.9. The number of ether oxygens (including phenoxy) is 2. The van der Waals surface area contributed by atoms with Crippen LogP contribution in [0.4, 0.5) is 0 Å². The van der Waals surface area contributed by atoms with Crippen molar-refractivity contribution >= 4 is 5.97 Å². The van der Waals surface area contributed by atoms with Crippen molar-refractivity contribution in [3.8, 4) is 22.6 Å². The molecule has 0 aliphatic rings. The highest BCUT2D eigenvalue weighted by Gasteiger charge is 2.19. The molecule has 2 aromatic carbocycles. The Morgan fingerprint density at radius 1 is 1.09 bits per heavy atom. The van der Waals surface area contributed by atoms with Crippen LogP contribution in [0.15, 0.2) is 36.4 Å². The van der Waals surface area contributed by atoms with Crippen molar-refractivity contribution in [3.05, 3.63) is 47.5 Å². The highest BCUT2D eigenvalue weighted by Crippen LogP contribution is 2.36. The first kappa shape index (κ1) is 15.9. The normalized spacial score (nSPS) is 10.3. The third-order valence-electron chi connectivity index (χ3n) is 3.44. The van der Waals surface area contributed by atoms with Gasteiger partial charge in [-0.1, -0.05) is 12.1 Å². The Hall–Kier alpha value is -2.53. The zero-order chi connectivity index (χ0) is 16.1. The summed E-state index contributed by atoms with van der Waals surface area (Å²) in [4.78, 5) is 11.9. The van der Waals surface area contributed by atoms with E-state index in [0.717, 1.165) is 5.56 Å². The smallest absolute Gasteiger partial charge is 0.338 e. The number of benzene rings is 2. The molecule has 0 unspecified atom stereocenters. The van der Waals surface area contributed by atoms with Crippen molar-refractivity contribution < 1.29 is 24.5 Å². The van der Waals surface area contributed by atoms with Crippen molar-refractivity contribution in [2.75, 3.05) is 20.8 Å². The van der Waals surface area contributed by atoms with Crippen molar-refractivity contribution in [3.63, 3.8) is 0 Å². The Morgan fingerprint density at radius 3 is 2.32 bits per heavy atom. The topological polar surface area (TPSA) is 76.0 Å². The lowest BCUT2D eigenvalue weighted by Gasteiger charge is -2.15. The molecular formula is C17H18O5. The van der Waals surface area contributed by atoms with Gasteiger partial charge in [0.15, 0.2) is 0 Å². The van der Waals surface area contributed by atoms with Gasteiger partial charge in [0.2, 0.25) is 0 Å². The number of carbonyl (C=O) groups is 1. The van der Waals surface area contributed by atoms with E-state index in [-0.39, 0.29) is 18.8 Å². The number of phenolic OH excluding ortho intramolecular Hbond substituents is 1. The molecule has 0 heterocycles. The van der Waals surface area contributed by atoms with Gasteiger partial charge in [-0.05, 0) is 41.8 Å². The quantitative estimate of drug-likeness (QED) is 0.829. The molecule has 0 radical (unpaired) electrons. The molecule has 22 heavy (non-hydrogen) atoms. The van der Waals surface area contributed by atoms with Crippen LogP contribution in [0.3, 0.4) is 0 Å². The van der Waals surface area contributed by atoms with E-state index >= 15 is 0 Å². The van der Waals surface area contributed by atoms with Crippen LogP contribution >= 0.6 is 0 Å². The molecule has 0 saturated heterocycles. The molecular weight excluding hydrogens is 284 g/mol. The molecule has 0 saturated carbocycles. The first-order valence-corrected chi connectivity index (χ1v) is 6.80. The Bertz CT molecular complexity index is 661. The second-order valence-electron chi connectivity index (χ2n) is 4.68. The van der Waals surface area contributed by atoms with Crippen LogP contribution in [0.25, 0.3) is 11.1 Å². The van der Waals surface area contributed by atoms with Crippen LogP contribution < -0.4 is 4.74 Å². The van der Waals surface area contributed by atoms with E-state index < -0.39 is 5.97 Å². The van der Waals surface area contributed by atoms with E-state index in [1.807, 2.05) is 0 Å². The van der Waals surface area contributed by atoms with E-state index in [2.05, 4.69) is 0 Å². The van der Waals surface area contributed by atoms with Crippen LogP contribution in [0.2, 0.25) is 0 Å². The summed E-state index contributed by atoms with van der Waals surface area (Å²) in [7, 11) is 2.87. The highest BCUT2D eigenvalue weighted by molar-refractivity contribution is 5.94. The van der Waals surface area contributed by atoms with Gasteiger partial charge < -0.3 is 19.7 Å². The Labute approximate surface area is 128 Å². The van der Waals surface area contributed by atoms with Gasteiger partial charge in [-0.2, -0.15) is 0 Å². The number of aromatic hydroxyl groups is 1. The van der Waals surface area contributed by atoms with Gasteiger partial charge in [-0.25, -0.2) is 4.79 Å². The van der Waals surface area contributed by atoms with E-state index in [9.17, 15) is 15.0 Å². The average molecular weight is 302 g/mol. The van der Waals surface area contributed by atoms with Crippen LogP contribution in [0.5, 0.6) is 11.5 Å². The maximum atomic E-state index is 11.9. The van der Waals surface area contributed by atoms with Crippen molar-refractivity contribution in [2.24, 2.45) is 0 Å². The summed E-state index contributed by atoms with van der Waals surface area (Å²) in [5, 5.41) is 19.5. The van der Waals surface area contributed by atoms with E-state index in [4.69, 9.17) is 9.47 Å². The van der Waals surface area contributed by atoms with Crippen molar-refractivity contribution in [1.82, 2.24) is 0 Å². The lowest BCUT2D eigenvalue weighted by Crippen LogP contribution is -2.08. The summed E-state index contributed by atoms with van der Waals surface area (Å²) in [5.74, 6) is 0.232.